The lowest BCUT2D eigenvalue weighted by atomic mass is 10.3. The maximum atomic E-state index is 11.0. The van der Waals surface area contributed by atoms with Crippen molar-refractivity contribution in [3.05, 3.63) is 29.6 Å². The van der Waals surface area contributed by atoms with Gasteiger partial charge in [0.25, 0.3) is 0 Å². The van der Waals surface area contributed by atoms with Gasteiger partial charge in [-0.25, -0.2) is 0 Å². The minimum atomic E-state index is 0.0324. The van der Waals surface area contributed by atoms with E-state index in [2.05, 4.69) is 10.3 Å². The standard InChI is InChI=1S/C10H15N3O/c1-2-10(14)12-7-9-5-3-4-8(6-11)13-9/h3-5H,2,6-7,11H2,1H3,(H,12,14). The molecule has 14 heavy (non-hydrogen) atoms. The third kappa shape index (κ3) is 3.14. The quantitative estimate of drug-likeness (QED) is 0.734. The molecule has 0 aliphatic heterocycles. The molecule has 3 N–H and O–H groups in total. The molecule has 0 fully saturated rings. The van der Waals surface area contributed by atoms with Gasteiger partial charge in [-0.3, -0.25) is 9.78 Å². The van der Waals surface area contributed by atoms with E-state index in [4.69, 9.17) is 5.73 Å². The number of nitrogens with two attached hydrogens (primary N) is 1. The highest BCUT2D eigenvalue weighted by atomic mass is 16.1. The number of hydrogen-bond donors (Lipinski definition) is 2. The maximum absolute atomic E-state index is 11.0. The number of nitrogens with zero attached hydrogens (tertiary/aromatic N) is 1. The van der Waals surface area contributed by atoms with Crippen LogP contribution in [0.5, 0.6) is 0 Å². The Bertz CT molecular complexity index is 312. The van der Waals surface area contributed by atoms with Gasteiger partial charge in [0.2, 0.25) is 5.91 Å². The molecule has 0 saturated heterocycles. The van der Waals surface area contributed by atoms with Crippen LogP contribution in [0.1, 0.15) is 24.7 Å². The van der Waals surface area contributed by atoms with E-state index < -0.39 is 0 Å². The van der Waals surface area contributed by atoms with Crippen LogP contribution in [0.15, 0.2) is 18.2 Å². The van der Waals surface area contributed by atoms with Gasteiger partial charge in [-0.2, -0.15) is 0 Å². The molecule has 0 spiro atoms. The first-order valence-electron chi connectivity index (χ1n) is 4.67. The average molecular weight is 193 g/mol. The van der Waals surface area contributed by atoms with Gasteiger partial charge in [0.15, 0.2) is 0 Å². The van der Waals surface area contributed by atoms with Crippen LogP contribution in [0.25, 0.3) is 0 Å². The summed E-state index contributed by atoms with van der Waals surface area (Å²) in [6.45, 7) is 2.72. The molecule has 0 aliphatic rings. The van der Waals surface area contributed by atoms with Crippen LogP contribution in [-0.4, -0.2) is 10.9 Å². The molecule has 76 valence electrons. The Morgan fingerprint density at radius 2 is 2.21 bits per heavy atom. The molecule has 0 aromatic carbocycles. The monoisotopic (exact) mass is 193 g/mol. The molecule has 1 aromatic heterocycles. The maximum Gasteiger partial charge on any atom is 0.220 e. The van der Waals surface area contributed by atoms with Crippen LogP contribution in [0, 0.1) is 0 Å². The first-order chi connectivity index (χ1) is 6.76. The second-order valence-electron chi connectivity index (χ2n) is 2.95. The molecule has 4 heteroatoms. The summed E-state index contributed by atoms with van der Waals surface area (Å²) in [5.41, 5.74) is 7.13. The topological polar surface area (TPSA) is 68.0 Å². The van der Waals surface area contributed by atoms with E-state index in [0.717, 1.165) is 11.4 Å². The minimum absolute atomic E-state index is 0.0324. The predicted octanol–water partition coefficient (Wildman–Crippen LogP) is 0.566. The molecule has 0 aliphatic carbocycles. The summed E-state index contributed by atoms with van der Waals surface area (Å²) in [6.07, 6.45) is 0.497. The lowest BCUT2D eigenvalue weighted by Crippen LogP contribution is -2.22. The summed E-state index contributed by atoms with van der Waals surface area (Å²) in [5, 5.41) is 2.76. The van der Waals surface area contributed by atoms with Gasteiger partial charge in [0.05, 0.1) is 17.9 Å². The van der Waals surface area contributed by atoms with Crippen molar-refractivity contribution in [1.29, 1.82) is 0 Å². The average Bonchev–Trinajstić information content (AvgIpc) is 2.26. The van der Waals surface area contributed by atoms with E-state index in [9.17, 15) is 4.79 Å². The number of carbonyl (C=O) groups is 1. The third-order valence-electron chi connectivity index (χ3n) is 1.86. The van der Waals surface area contributed by atoms with Crippen LogP contribution in [0.3, 0.4) is 0 Å². The second kappa shape index (κ2) is 5.34. The highest BCUT2D eigenvalue weighted by molar-refractivity contribution is 5.75. The summed E-state index contributed by atoms with van der Waals surface area (Å²) < 4.78 is 0. The summed E-state index contributed by atoms with van der Waals surface area (Å²) in [4.78, 5) is 15.2. The van der Waals surface area contributed by atoms with Gasteiger partial charge in [0, 0.05) is 13.0 Å². The van der Waals surface area contributed by atoms with E-state index >= 15 is 0 Å². The van der Waals surface area contributed by atoms with Gasteiger partial charge >= 0.3 is 0 Å². The largest absolute Gasteiger partial charge is 0.350 e. The molecule has 0 unspecified atom stereocenters. The van der Waals surface area contributed by atoms with Crippen LogP contribution in [-0.2, 0) is 17.9 Å². The van der Waals surface area contributed by atoms with Gasteiger partial charge in [-0.15, -0.1) is 0 Å². The van der Waals surface area contributed by atoms with Crippen molar-refractivity contribution in [2.24, 2.45) is 5.73 Å². The van der Waals surface area contributed by atoms with E-state index in [1.165, 1.54) is 0 Å². The predicted molar refractivity (Wildman–Crippen MR) is 54.3 cm³/mol. The number of nitrogens with one attached hydrogen (secondary N) is 1. The van der Waals surface area contributed by atoms with E-state index in [-0.39, 0.29) is 5.91 Å². The van der Waals surface area contributed by atoms with Crippen molar-refractivity contribution in [2.45, 2.75) is 26.4 Å². The first-order valence-corrected chi connectivity index (χ1v) is 4.67. The van der Waals surface area contributed by atoms with Crippen molar-refractivity contribution >= 4 is 5.91 Å². The van der Waals surface area contributed by atoms with Crippen LogP contribution in [0.2, 0.25) is 0 Å². The Hall–Kier alpha value is -1.42. The number of hydrogen-bond acceptors (Lipinski definition) is 3. The van der Waals surface area contributed by atoms with Crippen LogP contribution >= 0.6 is 0 Å². The minimum Gasteiger partial charge on any atom is -0.350 e. The SMILES string of the molecule is CCC(=O)NCc1cccc(CN)n1. The molecule has 4 nitrogen and oxygen atoms in total. The van der Waals surface area contributed by atoms with Crippen LogP contribution in [0.4, 0.5) is 0 Å². The fourth-order valence-corrected chi connectivity index (χ4v) is 1.06. The van der Waals surface area contributed by atoms with Gasteiger partial charge in [0.1, 0.15) is 0 Å². The smallest absolute Gasteiger partial charge is 0.220 e. The Balaban J connectivity index is 2.54. The Kier molecular flexibility index (Phi) is 4.07. The first kappa shape index (κ1) is 10.7. The molecular weight excluding hydrogens is 178 g/mol. The Labute approximate surface area is 83.5 Å². The number of aromatic nitrogens is 1. The summed E-state index contributed by atoms with van der Waals surface area (Å²) in [7, 11) is 0. The lowest BCUT2D eigenvalue weighted by molar-refractivity contribution is -0.120. The number of carbonyl (C=O) groups excluding carboxylic acids is 1. The third-order valence-corrected chi connectivity index (χ3v) is 1.86. The molecule has 1 aromatic rings. The fourth-order valence-electron chi connectivity index (χ4n) is 1.06. The fraction of sp³-hybridized carbons (Fsp3) is 0.400. The molecule has 1 rings (SSSR count). The zero-order valence-corrected chi connectivity index (χ0v) is 8.29. The summed E-state index contributed by atoms with van der Waals surface area (Å²) >= 11 is 0. The zero-order valence-electron chi connectivity index (χ0n) is 8.29. The molecule has 1 amide bonds. The molecule has 0 atom stereocenters. The highest BCUT2D eigenvalue weighted by Crippen LogP contribution is 1.98. The molecule has 0 bridgehead atoms. The van der Waals surface area contributed by atoms with E-state index in [1.807, 2.05) is 25.1 Å². The van der Waals surface area contributed by atoms with Crippen LogP contribution < -0.4 is 11.1 Å². The summed E-state index contributed by atoms with van der Waals surface area (Å²) in [5.74, 6) is 0.0324. The highest BCUT2D eigenvalue weighted by Gasteiger charge is 1.99. The molecule has 1 heterocycles. The van der Waals surface area contributed by atoms with Crippen molar-refractivity contribution in [1.82, 2.24) is 10.3 Å². The van der Waals surface area contributed by atoms with Crippen molar-refractivity contribution in [3.63, 3.8) is 0 Å². The molecule has 0 saturated carbocycles. The van der Waals surface area contributed by atoms with E-state index in [1.54, 1.807) is 0 Å². The lowest BCUT2D eigenvalue weighted by Gasteiger charge is -2.04. The number of pyridine rings is 1. The molecular formula is C10H15N3O. The number of amides is 1. The second-order valence-corrected chi connectivity index (χ2v) is 2.95. The normalized spacial score (nSPS) is 9.86. The summed E-state index contributed by atoms with van der Waals surface area (Å²) in [6, 6.07) is 5.63. The van der Waals surface area contributed by atoms with E-state index in [0.29, 0.717) is 19.5 Å². The van der Waals surface area contributed by atoms with Gasteiger partial charge in [-0.05, 0) is 12.1 Å². The van der Waals surface area contributed by atoms with Gasteiger partial charge in [-0.1, -0.05) is 13.0 Å². The van der Waals surface area contributed by atoms with Crippen molar-refractivity contribution in [3.8, 4) is 0 Å². The zero-order chi connectivity index (χ0) is 10.4. The van der Waals surface area contributed by atoms with Crippen molar-refractivity contribution < 1.29 is 4.79 Å². The molecule has 0 radical (unpaired) electrons. The Morgan fingerprint density at radius 3 is 2.86 bits per heavy atom. The Morgan fingerprint density at radius 1 is 1.50 bits per heavy atom. The number of rotatable bonds is 4. The van der Waals surface area contributed by atoms with Crippen molar-refractivity contribution in [2.75, 3.05) is 0 Å². The van der Waals surface area contributed by atoms with Gasteiger partial charge < -0.3 is 11.1 Å².